The molecule has 1 aliphatic carbocycles. The number of nitriles is 1. The molecule has 0 aromatic carbocycles. The Morgan fingerprint density at radius 1 is 1.36 bits per heavy atom. The van der Waals surface area contributed by atoms with E-state index in [2.05, 4.69) is 16.7 Å². The van der Waals surface area contributed by atoms with Crippen LogP contribution in [0.4, 0.5) is 0 Å². The van der Waals surface area contributed by atoms with Crippen LogP contribution in [0.15, 0.2) is 22.8 Å². The predicted octanol–water partition coefficient (Wildman–Crippen LogP) is 1.31. The molecular formula is C18H24N4O3. The Morgan fingerprint density at radius 2 is 2.16 bits per heavy atom. The molecule has 7 nitrogen and oxygen atoms in total. The Kier molecular flexibility index (Phi) is 5.39. The van der Waals surface area contributed by atoms with Crippen LogP contribution >= 0.6 is 0 Å². The molecule has 1 saturated heterocycles. The summed E-state index contributed by atoms with van der Waals surface area (Å²) >= 11 is 0. The van der Waals surface area contributed by atoms with Gasteiger partial charge in [0.2, 0.25) is 11.8 Å². The van der Waals surface area contributed by atoms with Gasteiger partial charge in [0.1, 0.15) is 11.3 Å². The minimum Gasteiger partial charge on any atom is -0.467 e. The average molecular weight is 344 g/mol. The van der Waals surface area contributed by atoms with Crippen molar-refractivity contribution in [2.24, 2.45) is 0 Å². The molecular weight excluding hydrogens is 320 g/mol. The zero-order valence-electron chi connectivity index (χ0n) is 14.3. The maximum absolute atomic E-state index is 12.4. The van der Waals surface area contributed by atoms with Gasteiger partial charge in [-0.25, -0.2) is 0 Å². The third-order valence-corrected chi connectivity index (χ3v) is 5.08. The van der Waals surface area contributed by atoms with E-state index in [4.69, 9.17) is 4.42 Å². The number of hydrogen-bond donors (Lipinski definition) is 2. The lowest BCUT2D eigenvalue weighted by atomic mass is 10.00. The third-order valence-electron chi connectivity index (χ3n) is 5.08. The average Bonchev–Trinajstić information content (AvgIpc) is 3.35. The number of hydrogen-bond acceptors (Lipinski definition) is 5. The van der Waals surface area contributed by atoms with Crippen molar-refractivity contribution < 1.29 is 14.0 Å². The van der Waals surface area contributed by atoms with Crippen LogP contribution in [0.3, 0.4) is 0 Å². The molecule has 1 aliphatic heterocycles. The predicted molar refractivity (Wildman–Crippen MR) is 90.1 cm³/mol. The van der Waals surface area contributed by atoms with Gasteiger partial charge < -0.3 is 15.1 Å². The first kappa shape index (κ1) is 17.5. The highest BCUT2D eigenvalue weighted by molar-refractivity contribution is 5.84. The van der Waals surface area contributed by atoms with Crippen LogP contribution in [-0.2, 0) is 16.1 Å². The maximum atomic E-state index is 12.4. The van der Waals surface area contributed by atoms with Crippen molar-refractivity contribution in [3.63, 3.8) is 0 Å². The molecule has 7 heteroatoms. The molecule has 2 fully saturated rings. The summed E-state index contributed by atoms with van der Waals surface area (Å²) < 4.78 is 5.21. The summed E-state index contributed by atoms with van der Waals surface area (Å²) in [5, 5.41) is 15.1. The van der Waals surface area contributed by atoms with Gasteiger partial charge in [-0.05, 0) is 57.2 Å². The van der Waals surface area contributed by atoms with Crippen LogP contribution in [-0.4, -0.2) is 41.4 Å². The van der Waals surface area contributed by atoms with Gasteiger partial charge in [-0.2, -0.15) is 5.26 Å². The van der Waals surface area contributed by atoms with E-state index < -0.39 is 5.54 Å². The number of carbonyl (C=O) groups excluding carboxylic acids is 2. The fourth-order valence-corrected chi connectivity index (χ4v) is 3.75. The van der Waals surface area contributed by atoms with Crippen LogP contribution in [0.1, 0.15) is 44.3 Å². The zero-order valence-corrected chi connectivity index (χ0v) is 14.3. The lowest BCUT2D eigenvalue weighted by molar-refractivity contribution is -0.128. The summed E-state index contributed by atoms with van der Waals surface area (Å²) in [4.78, 5) is 26.7. The molecule has 3 rings (SSSR count). The summed E-state index contributed by atoms with van der Waals surface area (Å²) in [5.74, 6) is 0.444. The van der Waals surface area contributed by atoms with Crippen molar-refractivity contribution >= 4 is 11.8 Å². The van der Waals surface area contributed by atoms with Gasteiger partial charge in [-0.15, -0.1) is 0 Å². The van der Waals surface area contributed by atoms with Gasteiger partial charge in [0.25, 0.3) is 0 Å². The van der Waals surface area contributed by atoms with Crippen molar-refractivity contribution in [3.05, 3.63) is 24.2 Å². The third kappa shape index (κ3) is 4.20. The highest BCUT2D eigenvalue weighted by Crippen LogP contribution is 2.29. The minimum absolute atomic E-state index is 0.0856. The summed E-state index contributed by atoms with van der Waals surface area (Å²) in [6.07, 6.45) is 6.55. The molecule has 1 saturated carbocycles. The fraction of sp³-hybridized carbons (Fsp3) is 0.611. The Hall–Kier alpha value is -2.33. The molecule has 1 aromatic heterocycles. The SMILES string of the molecule is N#CC1(NC(=O)CN2CCC[C@H]2C(=O)NCc2ccco2)CCCC1. The van der Waals surface area contributed by atoms with Gasteiger partial charge in [0.15, 0.2) is 0 Å². The topological polar surface area (TPSA) is 98.4 Å². The van der Waals surface area contributed by atoms with Crippen molar-refractivity contribution in [1.29, 1.82) is 5.26 Å². The van der Waals surface area contributed by atoms with E-state index in [1.165, 1.54) is 0 Å². The molecule has 2 amide bonds. The highest BCUT2D eigenvalue weighted by atomic mass is 16.3. The largest absolute Gasteiger partial charge is 0.467 e. The van der Waals surface area contributed by atoms with E-state index >= 15 is 0 Å². The summed E-state index contributed by atoms with van der Waals surface area (Å²) in [5.41, 5.74) is -0.714. The molecule has 134 valence electrons. The second-order valence-electron chi connectivity index (χ2n) is 6.87. The highest BCUT2D eigenvalue weighted by Gasteiger charge is 2.37. The molecule has 1 aromatic rings. The maximum Gasteiger partial charge on any atom is 0.237 e. The minimum atomic E-state index is -0.714. The first-order valence-corrected chi connectivity index (χ1v) is 8.88. The molecule has 25 heavy (non-hydrogen) atoms. The molecule has 1 atom stereocenters. The van der Waals surface area contributed by atoms with Crippen LogP contribution in [0, 0.1) is 11.3 Å². The lowest BCUT2D eigenvalue weighted by Crippen LogP contribution is -2.51. The Morgan fingerprint density at radius 3 is 2.84 bits per heavy atom. The van der Waals surface area contributed by atoms with E-state index in [-0.39, 0.29) is 24.4 Å². The van der Waals surface area contributed by atoms with E-state index in [0.29, 0.717) is 31.7 Å². The number of amides is 2. The van der Waals surface area contributed by atoms with Crippen LogP contribution < -0.4 is 10.6 Å². The normalized spacial score (nSPS) is 22.4. The standard InChI is InChI=1S/C18H24N4O3/c19-13-18(7-1-2-8-18)21-16(23)12-22-9-3-6-15(22)17(24)20-11-14-5-4-10-25-14/h4-5,10,15H,1-3,6-9,11-12H2,(H,20,24)(H,21,23)/t15-/m0/s1. The Labute approximate surface area is 147 Å². The van der Waals surface area contributed by atoms with Crippen molar-refractivity contribution in [2.45, 2.75) is 56.7 Å². The van der Waals surface area contributed by atoms with Gasteiger partial charge in [0, 0.05) is 0 Å². The monoisotopic (exact) mass is 344 g/mol. The first-order chi connectivity index (χ1) is 12.1. The number of likely N-dealkylation sites (tertiary alicyclic amines) is 1. The molecule has 0 spiro atoms. The Bertz CT molecular complexity index is 644. The Balaban J connectivity index is 1.51. The molecule has 0 bridgehead atoms. The second-order valence-corrected chi connectivity index (χ2v) is 6.87. The number of furan rings is 1. The van der Waals surface area contributed by atoms with Crippen molar-refractivity contribution in [2.75, 3.05) is 13.1 Å². The van der Waals surface area contributed by atoms with Gasteiger partial charge in [-0.3, -0.25) is 14.5 Å². The zero-order chi connectivity index (χ0) is 17.7. The first-order valence-electron chi connectivity index (χ1n) is 8.88. The van der Waals surface area contributed by atoms with Crippen LogP contribution in [0.5, 0.6) is 0 Å². The number of rotatable bonds is 6. The van der Waals surface area contributed by atoms with E-state index in [9.17, 15) is 14.9 Å². The van der Waals surface area contributed by atoms with Gasteiger partial charge in [-0.1, -0.05) is 0 Å². The number of carbonyl (C=O) groups is 2. The van der Waals surface area contributed by atoms with Crippen LogP contribution in [0.25, 0.3) is 0 Å². The quantitative estimate of drug-likeness (QED) is 0.811. The summed E-state index contributed by atoms with van der Waals surface area (Å²) in [6, 6.07) is 5.55. The van der Waals surface area contributed by atoms with E-state index in [0.717, 1.165) is 25.7 Å². The number of nitrogens with zero attached hydrogens (tertiary/aromatic N) is 2. The van der Waals surface area contributed by atoms with Crippen molar-refractivity contribution in [3.8, 4) is 6.07 Å². The molecule has 0 unspecified atom stereocenters. The molecule has 2 aliphatic rings. The molecule has 2 heterocycles. The molecule has 2 N–H and O–H groups in total. The van der Waals surface area contributed by atoms with E-state index in [1.54, 1.807) is 12.3 Å². The molecule has 0 radical (unpaired) electrons. The summed E-state index contributed by atoms with van der Waals surface area (Å²) in [7, 11) is 0. The fourth-order valence-electron chi connectivity index (χ4n) is 3.75. The lowest BCUT2D eigenvalue weighted by Gasteiger charge is -2.26. The summed E-state index contributed by atoms with van der Waals surface area (Å²) in [6.45, 7) is 1.22. The van der Waals surface area contributed by atoms with Crippen LogP contribution in [0.2, 0.25) is 0 Å². The smallest absolute Gasteiger partial charge is 0.237 e. The van der Waals surface area contributed by atoms with Crippen molar-refractivity contribution in [1.82, 2.24) is 15.5 Å². The van der Waals surface area contributed by atoms with Gasteiger partial charge >= 0.3 is 0 Å². The number of nitrogens with one attached hydrogen (secondary N) is 2. The second kappa shape index (κ2) is 7.70. The van der Waals surface area contributed by atoms with E-state index in [1.807, 2.05) is 11.0 Å². The van der Waals surface area contributed by atoms with Gasteiger partial charge in [0.05, 0.1) is 31.5 Å².